The van der Waals surface area contributed by atoms with Crippen molar-refractivity contribution in [1.82, 2.24) is 5.43 Å². The fraction of sp³-hybridized carbons (Fsp3) is 0.600. The molecule has 1 unspecified atom stereocenters. The van der Waals surface area contributed by atoms with Gasteiger partial charge in [0, 0.05) is 12.1 Å². The molecule has 1 fully saturated rings. The Balaban J connectivity index is 2.15. The lowest BCUT2D eigenvalue weighted by molar-refractivity contribution is 0.380. The van der Waals surface area contributed by atoms with Crippen LogP contribution in [0.2, 0.25) is 0 Å². The molecule has 0 aliphatic heterocycles. The highest BCUT2D eigenvalue weighted by atomic mass is 16.5. The summed E-state index contributed by atoms with van der Waals surface area (Å²) in [6.45, 7) is 0. The fourth-order valence-corrected chi connectivity index (χ4v) is 2.91. The Labute approximate surface area is 115 Å². The molecule has 106 valence electrons. The molecule has 4 heteroatoms. The molecule has 1 aromatic rings. The van der Waals surface area contributed by atoms with E-state index in [0.717, 1.165) is 29.4 Å². The molecular formula is C15H24N2O2. The van der Waals surface area contributed by atoms with E-state index < -0.39 is 0 Å². The van der Waals surface area contributed by atoms with E-state index in [1.165, 1.54) is 25.7 Å². The summed E-state index contributed by atoms with van der Waals surface area (Å²) < 4.78 is 10.6. The van der Waals surface area contributed by atoms with Crippen LogP contribution in [0.3, 0.4) is 0 Å². The van der Waals surface area contributed by atoms with Crippen LogP contribution in [0.15, 0.2) is 18.2 Å². The zero-order valence-electron chi connectivity index (χ0n) is 11.8. The zero-order chi connectivity index (χ0) is 13.7. The Hall–Kier alpha value is -1.26. The molecule has 1 atom stereocenters. The summed E-state index contributed by atoms with van der Waals surface area (Å²) in [7, 11) is 3.33. The van der Waals surface area contributed by atoms with Crippen LogP contribution >= 0.6 is 0 Å². The monoisotopic (exact) mass is 264 g/mol. The van der Waals surface area contributed by atoms with Crippen LogP contribution in [-0.4, -0.2) is 14.2 Å². The van der Waals surface area contributed by atoms with Gasteiger partial charge in [-0.25, -0.2) is 0 Å². The molecule has 0 heterocycles. The molecule has 0 amide bonds. The molecule has 0 spiro atoms. The molecule has 0 radical (unpaired) electrons. The Bertz CT molecular complexity index is 381. The molecule has 0 bridgehead atoms. The SMILES string of the molecule is COc1cc(OC)cc(C(CC2CCCC2)NN)c1. The van der Waals surface area contributed by atoms with Crippen molar-refractivity contribution in [1.29, 1.82) is 0 Å². The highest BCUT2D eigenvalue weighted by Crippen LogP contribution is 2.34. The van der Waals surface area contributed by atoms with Crippen molar-refractivity contribution in [3.63, 3.8) is 0 Å². The topological polar surface area (TPSA) is 56.5 Å². The number of ether oxygens (including phenoxy) is 2. The molecule has 1 aliphatic carbocycles. The largest absolute Gasteiger partial charge is 0.497 e. The summed E-state index contributed by atoms with van der Waals surface area (Å²) in [5, 5.41) is 0. The molecule has 0 aromatic heterocycles. The average molecular weight is 264 g/mol. The molecule has 1 saturated carbocycles. The van der Waals surface area contributed by atoms with Gasteiger partial charge >= 0.3 is 0 Å². The lowest BCUT2D eigenvalue weighted by atomic mass is 9.94. The second-order valence-electron chi connectivity index (χ2n) is 5.25. The summed E-state index contributed by atoms with van der Waals surface area (Å²) in [6, 6.07) is 6.10. The number of methoxy groups -OCH3 is 2. The van der Waals surface area contributed by atoms with Crippen LogP contribution in [-0.2, 0) is 0 Å². The molecule has 3 N–H and O–H groups in total. The minimum absolute atomic E-state index is 0.159. The van der Waals surface area contributed by atoms with Gasteiger partial charge in [0.25, 0.3) is 0 Å². The van der Waals surface area contributed by atoms with Crippen molar-refractivity contribution in [2.24, 2.45) is 11.8 Å². The van der Waals surface area contributed by atoms with Crippen LogP contribution < -0.4 is 20.7 Å². The van der Waals surface area contributed by atoms with Gasteiger partial charge in [0.1, 0.15) is 11.5 Å². The Morgan fingerprint density at radius 1 is 1.16 bits per heavy atom. The predicted octanol–water partition coefficient (Wildman–Crippen LogP) is 2.79. The highest BCUT2D eigenvalue weighted by Gasteiger charge is 2.21. The number of hydrogen-bond acceptors (Lipinski definition) is 4. The molecule has 1 aromatic carbocycles. The molecular weight excluding hydrogens is 240 g/mol. The van der Waals surface area contributed by atoms with Gasteiger partial charge in [-0.3, -0.25) is 11.3 Å². The molecule has 2 rings (SSSR count). The van der Waals surface area contributed by atoms with Crippen molar-refractivity contribution in [3.8, 4) is 11.5 Å². The quantitative estimate of drug-likeness (QED) is 0.613. The van der Waals surface area contributed by atoms with E-state index in [-0.39, 0.29) is 6.04 Å². The first-order valence-corrected chi connectivity index (χ1v) is 6.96. The number of rotatable bonds is 6. The zero-order valence-corrected chi connectivity index (χ0v) is 11.8. The maximum Gasteiger partial charge on any atom is 0.122 e. The summed E-state index contributed by atoms with van der Waals surface area (Å²) >= 11 is 0. The first kappa shape index (κ1) is 14.2. The predicted molar refractivity (Wildman–Crippen MR) is 76.2 cm³/mol. The maximum absolute atomic E-state index is 5.73. The van der Waals surface area contributed by atoms with Crippen molar-refractivity contribution in [3.05, 3.63) is 23.8 Å². The van der Waals surface area contributed by atoms with Gasteiger partial charge < -0.3 is 9.47 Å². The van der Waals surface area contributed by atoms with Gasteiger partial charge in [-0.15, -0.1) is 0 Å². The lowest BCUT2D eigenvalue weighted by Crippen LogP contribution is -2.29. The number of benzene rings is 1. The third-order valence-electron chi connectivity index (χ3n) is 4.02. The second-order valence-corrected chi connectivity index (χ2v) is 5.25. The maximum atomic E-state index is 5.73. The van der Waals surface area contributed by atoms with Crippen LogP contribution in [0.25, 0.3) is 0 Å². The lowest BCUT2D eigenvalue weighted by Gasteiger charge is -2.21. The first-order valence-electron chi connectivity index (χ1n) is 6.96. The van der Waals surface area contributed by atoms with Gasteiger partial charge in [-0.1, -0.05) is 25.7 Å². The second kappa shape index (κ2) is 6.78. The first-order chi connectivity index (χ1) is 9.26. The third kappa shape index (κ3) is 3.61. The van der Waals surface area contributed by atoms with Crippen LogP contribution in [0.4, 0.5) is 0 Å². The number of nitrogens with two attached hydrogens (primary N) is 1. The van der Waals surface area contributed by atoms with Crippen LogP contribution in [0.5, 0.6) is 11.5 Å². The minimum atomic E-state index is 0.159. The van der Waals surface area contributed by atoms with Gasteiger partial charge in [-0.2, -0.15) is 0 Å². The standard InChI is InChI=1S/C15H24N2O2/c1-18-13-8-12(9-14(10-13)19-2)15(17-16)7-11-5-3-4-6-11/h8-11,15,17H,3-7,16H2,1-2H3. The number of nitrogens with one attached hydrogen (secondary N) is 1. The number of hydrazine groups is 1. The summed E-state index contributed by atoms with van der Waals surface area (Å²) in [5.74, 6) is 8.12. The smallest absolute Gasteiger partial charge is 0.122 e. The summed E-state index contributed by atoms with van der Waals surface area (Å²) in [4.78, 5) is 0. The van der Waals surface area contributed by atoms with E-state index in [1.54, 1.807) is 14.2 Å². The van der Waals surface area contributed by atoms with E-state index in [9.17, 15) is 0 Å². The Morgan fingerprint density at radius 3 is 2.21 bits per heavy atom. The average Bonchev–Trinajstić information content (AvgIpc) is 2.97. The van der Waals surface area contributed by atoms with Crippen molar-refractivity contribution < 1.29 is 9.47 Å². The van der Waals surface area contributed by atoms with Gasteiger partial charge in [0.05, 0.1) is 14.2 Å². The van der Waals surface area contributed by atoms with Crippen LogP contribution in [0, 0.1) is 5.92 Å². The van der Waals surface area contributed by atoms with Gasteiger partial charge in [0.2, 0.25) is 0 Å². The van der Waals surface area contributed by atoms with Crippen LogP contribution in [0.1, 0.15) is 43.7 Å². The normalized spacial score (nSPS) is 17.4. The summed E-state index contributed by atoms with van der Waals surface area (Å²) in [5.41, 5.74) is 4.07. The molecule has 1 aliphatic rings. The van der Waals surface area contributed by atoms with E-state index in [2.05, 4.69) is 5.43 Å². The van der Waals surface area contributed by atoms with Crippen molar-refractivity contribution in [2.45, 2.75) is 38.1 Å². The van der Waals surface area contributed by atoms with E-state index in [1.807, 2.05) is 18.2 Å². The highest BCUT2D eigenvalue weighted by molar-refractivity contribution is 5.39. The molecule has 4 nitrogen and oxygen atoms in total. The van der Waals surface area contributed by atoms with Crippen molar-refractivity contribution in [2.75, 3.05) is 14.2 Å². The van der Waals surface area contributed by atoms with E-state index >= 15 is 0 Å². The fourth-order valence-electron chi connectivity index (χ4n) is 2.91. The Morgan fingerprint density at radius 2 is 1.74 bits per heavy atom. The molecule has 19 heavy (non-hydrogen) atoms. The summed E-state index contributed by atoms with van der Waals surface area (Å²) in [6.07, 6.45) is 6.41. The van der Waals surface area contributed by atoms with E-state index in [4.69, 9.17) is 15.3 Å². The Kier molecular flexibility index (Phi) is 5.05. The van der Waals surface area contributed by atoms with Gasteiger partial charge in [0.15, 0.2) is 0 Å². The third-order valence-corrected chi connectivity index (χ3v) is 4.02. The van der Waals surface area contributed by atoms with Gasteiger partial charge in [-0.05, 0) is 30.0 Å². The number of hydrogen-bond donors (Lipinski definition) is 2. The van der Waals surface area contributed by atoms with E-state index in [0.29, 0.717) is 0 Å². The minimum Gasteiger partial charge on any atom is -0.497 e. The van der Waals surface area contributed by atoms with Crippen molar-refractivity contribution >= 4 is 0 Å². The molecule has 0 saturated heterocycles.